The molecule has 1 aromatic heterocycles. The Morgan fingerprint density at radius 1 is 1.20 bits per heavy atom. The number of halogens is 1. The number of H-pyrrole nitrogens is 1. The van der Waals surface area contributed by atoms with Crippen molar-refractivity contribution in [1.29, 1.82) is 0 Å². The van der Waals surface area contributed by atoms with Crippen LogP contribution >= 0.6 is 11.6 Å². The first-order valence-electron chi connectivity index (χ1n) is 10.0. The van der Waals surface area contributed by atoms with E-state index in [0.29, 0.717) is 24.5 Å². The summed E-state index contributed by atoms with van der Waals surface area (Å²) in [5.41, 5.74) is 5.28. The van der Waals surface area contributed by atoms with Gasteiger partial charge >= 0.3 is 0 Å². The predicted octanol–water partition coefficient (Wildman–Crippen LogP) is 5.08. The average Bonchev–Trinajstić information content (AvgIpc) is 3.36. The van der Waals surface area contributed by atoms with Gasteiger partial charge in [0.2, 0.25) is 5.91 Å². The molecule has 2 aliphatic rings. The zero-order valence-electron chi connectivity index (χ0n) is 16.2. The Morgan fingerprint density at radius 2 is 2.07 bits per heavy atom. The molecule has 5 rings (SSSR count). The summed E-state index contributed by atoms with van der Waals surface area (Å²) >= 11 is 6.08. The highest BCUT2D eigenvalue weighted by atomic mass is 35.5. The third-order valence-corrected chi connectivity index (χ3v) is 6.46. The van der Waals surface area contributed by atoms with Gasteiger partial charge in [-0.3, -0.25) is 14.9 Å². The molecule has 1 unspecified atom stereocenters. The van der Waals surface area contributed by atoms with Crippen LogP contribution < -0.4 is 0 Å². The summed E-state index contributed by atoms with van der Waals surface area (Å²) in [5.74, 6) is -0.222. The average molecular weight is 422 g/mol. The molecule has 1 amide bonds. The van der Waals surface area contributed by atoms with E-state index >= 15 is 0 Å². The number of rotatable bonds is 3. The highest BCUT2D eigenvalue weighted by molar-refractivity contribution is 6.31. The summed E-state index contributed by atoms with van der Waals surface area (Å²) in [7, 11) is 0. The summed E-state index contributed by atoms with van der Waals surface area (Å²) in [5, 5.41) is 13.0. The van der Waals surface area contributed by atoms with Crippen LogP contribution in [0.3, 0.4) is 0 Å². The molecule has 7 heteroatoms. The van der Waals surface area contributed by atoms with Crippen LogP contribution in [0, 0.1) is 10.1 Å². The molecule has 0 bridgehead atoms. The van der Waals surface area contributed by atoms with Gasteiger partial charge in [-0.1, -0.05) is 29.8 Å². The van der Waals surface area contributed by atoms with Crippen molar-refractivity contribution in [3.05, 3.63) is 80.5 Å². The van der Waals surface area contributed by atoms with Crippen LogP contribution in [0.25, 0.3) is 16.5 Å². The van der Waals surface area contributed by atoms with Gasteiger partial charge in [-0.2, -0.15) is 0 Å². The smallest absolute Gasteiger partial charge is 0.269 e. The van der Waals surface area contributed by atoms with Crippen molar-refractivity contribution in [3.8, 4) is 0 Å². The number of carbonyl (C=O) groups excluding carboxylic acids is 1. The molecule has 0 saturated heterocycles. The van der Waals surface area contributed by atoms with E-state index in [1.165, 1.54) is 11.6 Å². The number of fused-ring (bicyclic) bond motifs is 2. The first-order valence-corrected chi connectivity index (χ1v) is 10.4. The van der Waals surface area contributed by atoms with Gasteiger partial charge in [0.1, 0.15) is 0 Å². The zero-order valence-corrected chi connectivity index (χ0v) is 17.0. The molecule has 1 aliphatic carbocycles. The fourth-order valence-electron chi connectivity index (χ4n) is 4.66. The second kappa shape index (κ2) is 7.29. The van der Waals surface area contributed by atoms with E-state index in [2.05, 4.69) is 11.1 Å². The van der Waals surface area contributed by atoms with Crippen LogP contribution in [-0.4, -0.2) is 33.8 Å². The molecule has 0 saturated carbocycles. The van der Waals surface area contributed by atoms with Crippen molar-refractivity contribution in [2.24, 2.45) is 0 Å². The molecule has 0 spiro atoms. The van der Waals surface area contributed by atoms with Crippen molar-refractivity contribution in [2.45, 2.75) is 25.2 Å². The molecule has 0 radical (unpaired) electrons. The van der Waals surface area contributed by atoms with Crippen molar-refractivity contribution >= 4 is 39.7 Å². The van der Waals surface area contributed by atoms with E-state index < -0.39 is 4.92 Å². The molecule has 1 N–H and O–H groups in total. The summed E-state index contributed by atoms with van der Waals surface area (Å²) in [6.45, 7) is 1.20. The molecule has 0 fully saturated rings. The third kappa shape index (κ3) is 3.17. The molecular weight excluding hydrogens is 402 g/mol. The summed E-state index contributed by atoms with van der Waals surface area (Å²) in [4.78, 5) is 29.1. The van der Waals surface area contributed by atoms with Gasteiger partial charge in [-0.15, -0.1) is 0 Å². The van der Waals surface area contributed by atoms with Crippen molar-refractivity contribution in [3.63, 3.8) is 0 Å². The Morgan fingerprint density at radius 3 is 2.83 bits per heavy atom. The minimum atomic E-state index is -0.398. The Bertz CT molecular complexity index is 1210. The monoisotopic (exact) mass is 421 g/mol. The quantitative estimate of drug-likeness (QED) is 0.473. The Balaban J connectivity index is 1.36. The summed E-state index contributed by atoms with van der Waals surface area (Å²) in [6, 6.07) is 10.7. The molecule has 30 heavy (non-hydrogen) atoms. The fraction of sp³-hybridized carbons (Fsp3) is 0.261. The number of benzene rings is 2. The van der Waals surface area contributed by atoms with Crippen molar-refractivity contribution in [2.75, 3.05) is 13.1 Å². The molecular formula is C23H20ClN3O3. The van der Waals surface area contributed by atoms with E-state index in [1.807, 2.05) is 29.3 Å². The van der Waals surface area contributed by atoms with Crippen LogP contribution in [0.4, 0.5) is 5.69 Å². The number of nitro benzene ring substituents is 1. The standard InChI is InChI=1S/C23H20ClN3O3/c24-16-3-6-18-21(13-25-22(18)11-16)15-7-9-26(10-8-15)23(28)19-5-2-14-1-4-17(27(29)30)12-20(14)19/h1,3-4,6-7,11-13,19,25H,2,5,8-10H2. The van der Waals surface area contributed by atoms with Gasteiger partial charge in [0.25, 0.3) is 5.69 Å². The highest BCUT2D eigenvalue weighted by Gasteiger charge is 2.33. The third-order valence-electron chi connectivity index (χ3n) is 6.23. The van der Waals surface area contributed by atoms with Crippen molar-refractivity contribution < 1.29 is 9.72 Å². The van der Waals surface area contributed by atoms with E-state index in [1.54, 1.807) is 12.1 Å². The number of nitrogens with one attached hydrogen (secondary N) is 1. The lowest BCUT2D eigenvalue weighted by Gasteiger charge is -2.29. The first-order chi connectivity index (χ1) is 14.5. The van der Waals surface area contributed by atoms with Gasteiger partial charge in [-0.05, 0) is 48.1 Å². The predicted molar refractivity (Wildman–Crippen MR) is 117 cm³/mol. The van der Waals surface area contributed by atoms with E-state index in [4.69, 9.17) is 11.6 Å². The minimum Gasteiger partial charge on any atom is -0.361 e. The largest absolute Gasteiger partial charge is 0.361 e. The lowest BCUT2D eigenvalue weighted by Crippen LogP contribution is -2.37. The second-order valence-corrected chi connectivity index (χ2v) is 8.32. The van der Waals surface area contributed by atoms with Gasteiger partial charge in [0.05, 0.1) is 10.8 Å². The number of non-ortho nitro benzene ring substituents is 1. The molecule has 3 aromatic rings. The van der Waals surface area contributed by atoms with Crippen LogP contribution in [0.2, 0.25) is 5.02 Å². The number of amides is 1. The summed E-state index contributed by atoms with van der Waals surface area (Å²) in [6.07, 6.45) is 6.39. The first kappa shape index (κ1) is 18.9. The van der Waals surface area contributed by atoms with Gasteiger partial charge in [0.15, 0.2) is 0 Å². The van der Waals surface area contributed by atoms with Gasteiger partial charge in [0, 0.05) is 52.9 Å². The van der Waals surface area contributed by atoms with Crippen LogP contribution in [0.5, 0.6) is 0 Å². The lowest BCUT2D eigenvalue weighted by atomic mass is 9.96. The molecule has 1 aliphatic heterocycles. The maximum atomic E-state index is 13.2. The lowest BCUT2D eigenvalue weighted by molar-refractivity contribution is -0.384. The van der Waals surface area contributed by atoms with E-state index in [-0.39, 0.29) is 17.5 Å². The van der Waals surface area contributed by atoms with E-state index in [9.17, 15) is 14.9 Å². The fourth-order valence-corrected chi connectivity index (χ4v) is 4.83. The minimum absolute atomic E-state index is 0.0497. The molecule has 152 valence electrons. The highest BCUT2D eigenvalue weighted by Crippen LogP contribution is 2.38. The maximum Gasteiger partial charge on any atom is 0.269 e. The number of hydrogen-bond donors (Lipinski definition) is 1. The SMILES string of the molecule is O=C(C1CCc2ccc([N+](=O)[O-])cc21)N1CC=C(c2c[nH]c3cc(Cl)ccc23)CC1. The number of aryl methyl sites for hydroxylation is 1. The normalized spacial score (nSPS) is 18.4. The zero-order chi connectivity index (χ0) is 20.8. The number of aromatic nitrogens is 1. The Hall–Kier alpha value is -3.12. The number of nitro groups is 1. The Kier molecular flexibility index (Phi) is 4.59. The van der Waals surface area contributed by atoms with Gasteiger partial charge < -0.3 is 9.88 Å². The Labute approximate surface area is 178 Å². The van der Waals surface area contributed by atoms with Gasteiger partial charge in [-0.25, -0.2) is 0 Å². The molecule has 1 atom stereocenters. The second-order valence-electron chi connectivity index (χ2n) is 7.89. The van der Waals surface area contributed by atoms with Crippen LogP contribution in [0.15, 0.2) is 48.7 Å². The topological polar surface area (TPSA) is 79.2 Å². The van der Waals surface area contributed by atoms with Crippen LogP contribution in [-0.2, 0) is 11.2 Å². The molecule has 2 heterocycles. The number of hydrogen-bond acceptors (Lipinski definition) is 3. The molecule has 6 nitrogen and oxygen atoms in total. The number of nitrogens with zero attached hydrogens (tertiary/aromatic N) is 2. The van der Waals surface area contributed by atoms with E-state index in [0.717, 1.165) is 40.4 Å². The maximum absolute atomic E-state index is 13.2. The number of carbonyl (C=O) groups is 1. The van der Waals surface area contributed by atoms with Crippen LogP contribution in [0.1, 0.15) is 35.4 Å². The molecule has 2 aromatic carbocycles. The summed E-state index contributed by atoms with van der Waals surface area (Å²) < 4.78 is 0. The number of aromatic amines is 1. The van der Waals surface area contributed by atoms with Crippen molar-refractivity contribution in [1.82, 2.24) is 9.88 Å².